The molecule has 2 aliphatic heterocycles. The summed E-state index contributed by atoms with van der Waals surface area (Å²) >= 11 is 1.40. The first kappa shape index (κ1) is 20.3. The Kier molecular flexibility index (Phi) is 5.10. The summed E-state index contributed by atoms with van der Waals surface area (Å²) in [7, 11) is -3.15. The van der Waals surface area contributed by atoms with Gasteiger partial charge in [0, 0.05) is 17.3 Å². The molecule has 0 aromatic carbocycles. The molecule has 2 aromatic heterocycles. The van der Waals surface area contributed by atoms with E-state index in [1.807, 2.05) is 13.8 Å². The number of hydrogen-bond acceptors (Lipinski definition) is 7. The molecule has 1 amide bonds. The number of sulfone groups is 1. The summed E-state index contributed by atoms with van der Waals surface area (Å²) < 4.78 is 24.8. The number of nitrogens with zero attached hydrogens (tertiary/aromatic N) is 3. The molecule has 2 atom stereocenters. The molecule has 3 aliphatic rings. The van der Waals surface area contributed by atoms with Gasteiger partial charge in [-0.05, 0) is 58.2 Å². The van der Waals surface area contributed by atoms with Crippen molar-refractivity contribution in [1.29, 1.82) is 0 Å². The van der Waals surface area contributed by atoms with Crippen molar-refractivity contribution in [2.24, 2.45) is 0 Å². The van der Waals surface area contributed by atoms with Crippen LogP contribution in [0.1, 0.15) is 64.8 Å². The molecular formula is C21H28N4O3S2. The Morgan fingerprint density at radius 3 is 2.53 bits per heavy atom. The summed E-state index contributed by atoms with van der Waals surface area (Å²) in [6, 6.07) is -0.489. The van der Waals surface area contributed by atoms with Crippen molar-refractivity contribution < 1.29 is 13.2 Å². The molecule has 30 heavy (non-hydrogen) atoms. The molecule has 4 heterocycles. The zero-order valence-electron chi connectivity index (χ0n) is 17.5. The molecule has 0 unspecified atom stereocenters. The number of aromatic nitrogens is 2. The Morgan fingerprint density at radius 1 is 1.10 bits per heavy atom. The van der Waals surface area contributed by atoms with E-state index in [4.69, 9.17) is 4.98 Å². The summed E-state index contributed by atoms with van der Waals surface area (Å²) in [5.41, 5.74) is 1.81. The van der Waals surface area contributed by atoms with Crippen LogP contribution in [-0.2, 0) is 9.84 Å². The van der Waals surface area contributed by atoms with Crippen molar-refractivity contribution >= 4 is 37.3 Å². The molecule has 162 valence electrons. The third-order valence-electron chi connectivity index (χ3n) is 6.64. The van der Waals surface area contributed by atoms with Gasteiger partial charge in [0.05, 0.1) is 28.1 Å². The monoisotopic (exact) mass is 448 g/mol. The van der Waals surface area contributed by atoms with E-state index in [0.29, 0.717) is 10.8 Å². The molecule has 1 N–H and O–H groups in total. The van der Waals surface area contributed by atoms with E-state index in [-0.39, 0.29) is 29.5 Å². The van der Waals surface area contributed by atoms with E-state index >= 15 is 0 Å². The number of thiophene rings is 1. The lowest BCUT2D eigenvalue weighted by molar-refractivity contribution is 0.0903. The van der Waals surface area contributed by atoms with Crippen molar-refractivity contribution in [1.82, 2.24) is 20.2 Å². The Morgan fingerprint density at radius 2 is 1.83 bits per heavy atom. The fourth-order valence-electron chi connectivity index (χ4n) is 4.91. The van der Waals surface area contributed by atoms with Gasteiger partial charge in [0.2, 0.25) is 0 Å². The highest BCUT2D eigenvalue weighted by molar-refractivity contribution is 7.91. The lowest BCUT2D eigenvalue weighted by Crippen LogP contribution is -2.52. The molecule has 0 bridgehead atoms. The number of piperidine rings is 1. The molecule has 5 rings (SSSR count). The van der Waals surface area contributed by atoms with E-state index in [1.54, 1.807) is 0 Å². The predicted molar refractivity (Wildman–Crippen MR) is 118 cm³/mol. The Hall–Kier alpha value is -1.58. The standard InChI is InChI=1S/C21H28N4O3S2/c1-12-17-13(2)22-19(14-6-7-14)24-21(17)29-18(12)20(26)23-15-10-30(27,28)11-16(15)25-8-4-3-5-9-25/h14-16H,3-11H2,1-2H3,(H,23,26)/t15-,16-/m0/s1. The lowest BCUT2D eigenvalue weighted by Gasteiger charge is -2.34. The van der Waals surface area contributed by atoms with Crippen LogP contribution in [0.5, 0.6) is 0 Å². The van der Waals surface area contributed by atoms with Crippen LogP contribution in [0.2, 0.25) is 0 Å². The quantitative estimate of drug-likeness (QED) is 0.773. The number of fused-ring (bicyclic) bond motifs is 1. The second-order valence-corrected chi connectivity index (χ2v) is 12.2. The van der Waals surface area contributed by atoms with Crippen molar-refractivity contribution in [2.45, 2.75) is 64.0 Å². The lowest BCUT2D eigenvalue weighted by atomic mass is 10.0. The van der Waals surface area contributed by atoms with Gasteiger partial charge >= 0.3 is 0 Å². The summed E-state index contributed by atoms with van der Waals surface area (Å²) in [5.74, 6) is 1.32. The van der Waals surface area contributed by atoms with Gasteiger partial charge in [0.15, 0.2) is 9.84 Å². The van der Waals surface area contributed by atoms with Crippen molar-refractivity contribution in [2.75, 3.05) is 24.6 Å². The van der Waals surface area contributed by atoms with Crippen LogP contribution < -0.4 is 5.32 Å². The Bertz CT molecular complexity index is 1100. The molecular weight excluding hydrogens is 420 g/mol. The van der Waals surface area contributed by atoms with E-state index in [1.165, 1.54) is 17.8 Å². The van der Waals surface area contributed by atoms with Gasteiger partial charge in [-0.25, -0.2) is 18.4 Å². The van der Waals surface area contributed by atoms with Gasteiger partial charge in [-0.1, -0.05) is 6.42 Å². The normalized spacial score (nSPS) is 26.9. The highest BCUT2D eigenvalue weighted by Crippen LogP contribution is 2.40. The Labute approximate surface area is 181 Å². The van der Waals surface area contributed by atoms with E-state index in [0.717, 1.165) is 66.1 Å². The molecule has 7 nitrogen and oxygen atoms in total. The third-order valence-corrected chi connectivity index (χ3v) is 9.54. The topological polar surface area (TPSA) is 92.3 Å². The molecule has 2 aromatic rings. The fraction of sp³-hybridized carbons (Fsp3) is 0.667. The average Bonchev–Trinajstić information content (AvgIpc) is 3.43. The number of carbonyl (C=O) groups is 1. The van der Waals surface area contributed by atoms with Gasteiger partial charge < -0.3 is 5.32 Å². The molecule has 3 fully saturated rings. The van der Waals surface area contributed by atoms with Crippen LogP contribution in [-0.4, -0.2) is 65.9 Å². The van der Waals surface area contributed by atoms with Gasteiger partial charge in [-0.3, -0.25) is 9.69 Å². The first-order valence-corrected chi connectivity index (χ1v) is 13.5. The van der Waals surface area contributed by atoms with Crippen LogP contribution in [0.3, 0.4) is 0 Å². The first-order chi connectivity index (χ1) is 14.3. The van der Waals surface area contributed by atoms with Crippen molar-refractivity contribution in [3.8, 4) is 0 Å². The maximum atomic E-state index is 13.2. The van der Waals surface area contributed by atoms with Crippen LogP contribution in [0.4, 0.5) is 0 Å². The first-order valence-electron chi connectivity index (χ1n) is 10.9. The molecule has 2 saturated heterocycles. The minimum atomic E-state index is -3.15. The maximum absolute atomic E-state index is 13.2. The number of rotatable bonds is 4. The SMILES string of the molecule is Cc1nc(C2CC2)nc2sc(C(=O)N[C@H]3CS(=O)(=O)C[C@@H]3N3CCCCC3)c(C)c12. The van der Waals surface area contributed by atoms with Gasteiger partial charge in [0.1, 0.15) is 10.7 Å². The average molecular weight is 449 g/mol. The summed E-state index contributed by atoms with van der Waals surface area (Å²) in [4.78, 5) is 26.3. The minimum absolute atomic E-state index is 0.0223. The van der Waals surface area contributed by atoms with Crippen LogP contribution >= 0.6 is 11.3 Å². The van der Waals surface area contributed by atoms with Crippen molar-refractivity contribution in [3.63, 3.8) is 0 Å². The highest BCUT2D eigenvalue weighted by atomic mass is 32.2. The second kappa shape index (κ2) is 7.53. The number of nitrogens with one attached hydrogen (secondary N) is 1. The fourth-order valence-corrected chi connectivity index (χ4v) is 8.01. The Balaban J connectivity index is 1.42. The summed E-state index contributed by atoms with van der Waals surface area (Å²) in [5, 5.41) is 4.03. The van der Waals surface area contributed by atoms with Gasteiger partial charge in [-0.15, -0.1) is 11.3 Å². The molecule has 9 heteroatoms. The smallest absolute Gasteiger partial charge is 0.262 e. The van der Waals surface area contributed by atoms with Gasteiger partial charge in [-0.2, -0.15) is 0 Å². The molecule has 1 saturated carbocycles. The molecule has 1 aliphatic carbocycles. The van der Waals surface area contributed by atoms with Crippen LogP contribution in [0.25, 0.3) is 10.2 Å². The number of likely N-dealkylation sites (tertiary alicyclic amines) is 1. The zero-order valence-corrected chi connectivity index (χ0v) is 19.1. The van der Waals surface area contributed by atoms with Crippen molar-refractivity contribution in [3.05, 3.63) is 22.0 Å². The van der Waals surface area contributed by atoms with Gasteiger partial charge in [0.25, 0.3) is 5.91 Å². The minimum Gasteiger partial charge on any atom is -0.346 e. The summed E-state index contributed by atoms with van der Waals surface area (Å²) in [6.07, 6.45) is 5.65. The van der Waals surface area contributed by atoms with E-state index in [2.05, 4.69) is 15.2 Å². The number of aryl methyl sites for hydroxylation is 2. The zero-order chi connectivity index (χ0) is 21.0. The largest absolute Gasteiger partial charge is 0.346 e. The summed E-state index contributed by atoms with van der Waals surface area (Å²) in [6.45, 7) is 5.74. The number of carbonyl (C=O) groups excluding carboxylic acids is 1. The highest BCUT2D eigenvalue weighted by Gasteiger charge is 2.42. The third kappa shape index (κ3) is 3.76. The number of hydrogen-bond donors (Lipinski definition) is 1. The molecule has 0 spiro atoms. The maximum Gasteiger partial charge on any atom is 0.262 e. The van der Waals surface area contributed by atoms with Crippen LogP contribution in [0.15, 0.2) is 0 Å². The number of amides is 1. The predicted octanol–water partition coefficient (Wildman–Crippen LogP) is 2.57. The molecule has 0 radical (unpaired) electrons. The van der Waals surface area contributed by atoms with E-state index in [9.17, 15) is 13.2 Å². The van der Waals surface area contributed by atoms with E-state index < -0.39 is 9.84 Å². The van der Waals surface area contributed by atoms with Crippen LogP contribution in [0, 0.1) is 13.8 Å². The second-order valence-electron chi connectivity index (χ2n) is 9.00.